The van der Waals surface area contributed by atoms with E-state index in [9.17, 15) is 4.79 Å². The summed E-state index contributed by atoms with van der Waals surface area (Å²) in [6.07, 6.45) is 3.75. The van der Waals surface area contributed by atoms with E-state index in [1.807, 2.05) is 6.29 Å². The zero-order valence-electron chi connectivity index (χ0n) is 7.47. The number of hydrogen-bond donors (Lipinski definition) is 4. The highest BCUT2D eigenvalue weighted by molar-refractivity contribution is 5.78. The largest absolute Gasteiger partial charge is 0.370 e. The Morgan fingerprint density at radius 2 is 2.23 bits per heavy atom. The Labute approximate surface area is 77.6 Å². The molecule has 73 valence electrons. The summed E-state index contributed by atoms with van der Waals surface area (Å²) in [7, 11) is 0. The number of guanidine groups is 1. The highest BCUT2D eigenvalue weighted by atomic mass is 16.1. The lowest BCUT2D eigenvalue weighted by Gasteiger charge is -2.27. The van der Waals surface area contributed by atoms with Gasteiger partial charge < -0.3 is 16.4 Å². The maximum absolute atomic E-state index is 10.6. The summed E-state index contributed by atoms with van der Waals surface area (Å²) in [6, 6.07) is -0.417. The lowest BCUT2D eigenvalue weighted by Crippen LogP contribution is -2.47. The smallest absolute Gasteiger partial charge is 0.223 e. The molecule has 0 spiro atoms. The fraction of sp³-hybridized carbons (Fsp3) is 0.750. The second-order valence-corrected chi connectivity index (χ2v) is 3.24. The Balaban J connectivity index is 2.43. The van der Waals surface area contributed by atoms with Crippen molar-refractivity contribution in [2.45, 2.75) is 18.9 Å². The topological polar surface area (TPSA) is 91.0 Å². The van der Waals surface area contributed by atoms with Crippen LogP contribution in [0.5, 0.6) is 0 Å². The van der Waals surface area contributed by atoms with Crippen molar-refractivity contribution in [1.82, 2.24) is 10.6 Å². The molecule has 1 atom stereocenters. The van der Waals surface area contributed by atoms with E-state index in [0.717, 1.165) is 25.9 Å². The third-order valence-corrected chi connectivity index (χ3v) is 2.29. The van der Waals surface area contributed by atoms with E-state index in [1.165, 1.54) is 0 Å². The zero-order chi connectivity index (χ0) is 9.68. The van der Waals surface area contributed by atoms with Crippen LogP contribution >= 0.6 is 0 Å². The van der Waals surface area contributed by atoms with E-state index in [2.05, 4.69) is 10.6 Å². The Hall–Kier alpha value is -1.10. The van der Waals surface area contributed by atoms with Crippen LogP contribution in [0.1, 0.15) is 12.8 Å². The van der Waals surface area contributed by atoms with Gasteiger partial charge in [-0.25, -0.2) is 0 Å². The fourth-order valence-electron chi connectivity index (χ4n) is 1.59. The van der Waals surface area contributed by atoms with Gasteiger partial charge in [0.05, 0.1) is 6.04 Å². The van der Waals surface area contributed by atoms with Crippen LogP contribution in [0.3, 0.4) is 0 Å². The molecule has 1 aliphatic rings. The van der Waals surface area contributed by atoms with E-state index < -0.39 is 6.04 Å². The first-order valence-corrected chi connectivity index (χ1v) is 4.43. The summed E-state index contributed by atoms with van der Waals surface area (Å²) >= 11 is 0. The van der Waals surface area contributed by atoms with Crippen molar-refractivity contribution in [3.63, 3.8) is 0 Å². The van der Waals surface area contributed by atoms with E-state index in [4.69, 9.17) is 11.1 Å². The van der Waals surface area contributed by atoms with Gasteiger partial charge in [-0.3, -0.25) is 10.2 Å². The minimum absolute atomic E-state index is 0.160. The van der Waals surface area contributed by atoms with Crippen LogP contribution < -0.4 is 16.4 Å². The zero-order valence-corrected chi connectivity index (χ0v) is 7.47. The van der Waals surface area contributed by atoms with E-state index in [1.54, 1.807) is 0 Å². The molecule has 0 aromatic carbocycles. The minimum Gasteiger partial charge on any atom is -0.370 e. The van der Waals surface area contributed by atoms with Crippen molar-refractivity contribution in [1.29, 1.82) is 5.41 Å². The molecule has 1 unspecified atom stereocenters. The maximum atomic E-state index is 10.6. The number of hydrogen-bond acceptors (Lipinski definition) is 3. The van der Waals surface area contributed by atoms with Crippen molar-refractivity contribution in [2.75, 3.05) is 13.1 Å². The van der Waals surface area contributed by atoms with E-state index in [-0.39, 0.29) is 11.9 Å². The third-order valence-electron chi connectivity index (χ3n) is 2.29. The Kier molecular flexibility index (Phi) is 3.70. The van der Waals surface area contributed by atoms with Crippen molar-refractivity contribution in [3.8, 4) is 0 Å². The molecule has 0 aromatic heterocycles. The predicted molar refractivity (Wildman–Crippen MR) is 50.1 cm³/mol. The van der Waals surface area contributed by atoms with Crippen LogP contribution in [0, 0.1) is 11.3 Å². The summed E-state index contributed by atoms with van der Waals surface area (Å²) in [5, 5.41) is 12.8. The van der Waals surface area contributed by atoms with Gasteiger partial charge in [-0.15, -0.1) is 0 Å². The monoisotopic (exact) mass is 183 g/mol. The molecule has 0 saturated carbocycles. The maximum Gasteiger partial charge on any atom is 0.223 e. The first-order chi connectivity index (χ1) is 6.24. The van der Waals surface area contributed by atoms with Crippen LogP contribution in [-0.4, -0.2) is 31.4 Å². The Morgan fingerprint density at radius 1 is 1.62 bits per heavy atom. The molecule has 1 aliphatic heterocycles. The Bertz CT molecular complexity index is 189. The van der Waals surface area contributed by atoms with Gasteiger partial charge in [0.15, 0.2) is 5.96 Å². The van der Waals surface area contributed by atoms with E-state index in [0.29, 0.717) is 0 Å². The molecule has 0 aliphatic carbocycles. The van der Waals surface area contributed by atoms with Gasteiger partial charge in [0.1, 0.15) is 0 Å². The summed E-state index contributed by atoms with van der Waals surface area (Å²) in [4.78, 5) is 10.6. The number of rotatable bonds is 3. The van der Waals surface area contributed by atoms with Crippen molar-refractivity contribution < 1.29 is 4.79 Å². The molecule has 5 nitrogen and oxygen atoms in total. The quantitative estimate of drug-likeness (QED) is 0.332. The van der Waals surface area contributed by atoms with Crippen molar-refractivity contribution in [3.05, 3.63) is 0 Å². The normalized spacial score (nSPS) is 20.6. The molecule has 5 heteroatoms. The molecule has 13 heavy (non-hydrogen) atoms. The second kappa shape index (κ2) is 4.81. The minimum atomic E-state index is -0.417. The highest BCUT2D eigenvalue weighted by Gasteiger charge is 2.23. The summed E-state index contributed by atoms with van der Waals surface area (Å²) < 4.78 is 0. The molecular weight excluding hydrogens is 168 g/mol. The molecule has 1 heterocycles. The van der Waals surface area contributed by atoms with Crippen molar-refractivity contribution in [2.24, 2.45) is 11.7 Å². The van der Waals surface area contributed by atoms with Gasteiger partial charge in [-0.05, 0) is 31.8 Å². The van der Waals surface area contributed by atoms with Gasteiger partial charge in [0.2, 0.25) is 6.29 Å². The predicted octanol–water partition coefficient (Wildman–Crippen LogP) is -1.05. The summed E-state index contributed by atoms with van der Waals surface area (Å²) in [5.41, 5.74) is 5.15. The van der Waals surface area contributed by atoms with E-state index >= 15 is 0 Å². The standard InChI is InChI=1S/C8H15N4O/c9-8(10)12-7(5-13)6-1-3-11-4-2-6/h6-7,11H,1-4H2,(H4,9,10,12). The molecular formula is C8H15N4O. The van der Waals surface area contributed by atoms with Crippen LogP contribution in [0.2, 0.25) is 0 Å². The summed E-state index contributed by atoms with van der Waals surface area (Å²) in [5.74, 6) is 0.0922. The second-order valence-electron chi connectivity index (χ2n) is 3.24. The van der Waals surface area contributed by atoms with Gasteiger partial charge in [0.25, 0.3) is 0 Å². The molecule has 5 N–H and O–H groups in total. The average Bonchev–Trinajstić information content (AvgIpc) is 2.15. The number of piperidine rings is 1. The van der Waals surface area contributed by atoms with Crippen LogP contribution in [0.15, 0.2) is 0 Å². The van der Waals surface area contributed by atoms with Gasteiger partial charge in [-0.1, -0.05) is 0 Å². The van der Waals surface area contributed by atoms with Crippen LogP contribution in [-0.2, 0) is 4.79 Å². The first kappa shape index (κ1) is 9.98. The molecule has 0 bridgehead atoms. The molecule has 1 radical (unpaired) electrons. The number of nitrogens with one attached hydrogen (secondary N) is 3. The first-order valence-electron chi connectivity index (χ1n) is 4.43. The van der Waals surface area contributed by atoms with Crippen LogP contribution in [0.4, 0.5) is 0 Å². The number of carbonyl (C=O) groups excluding carboxylic acids is 1. The molecule has 1 rings (SSSR count). The average molecular weight is 183 g/mol. The molecule has 1 fully saturated rings. The SMILES string of the molecule is N=C(N)NC([C]=O)C1CCNCC1. The lowest BCUT2D eigenvalue weighted by molar-refractivity contribution is 0.336. The van der Waals surface area contributed by atoms with Gasteiger partial charge in [-0.2, -0.15) is 0 Å². The Morgan fingerprint density at radius 3 is 2.69 bits per heavy atom. The van der Waals surface area contributed by atoms with Gasteiger partial charge >= 0.3 is 0 Å². The van der Waals surface area contributed by atoms with Crippen LogP contribution in [0.25, 0.3) is 0 Å². The summed E-state index contributed by atoms with van der Waals surface area (Å²) in [6.45, 7) is 1.84. The lowest BCUT2D eigenvalue weighted by atomic mass is 9.91. The molecule has 0 aromatic rings. The molecule has 0 amide bonds. The molecule has 1 saturated heterocycles. The third kappa shape index (κ3) is 3.02. The van der Waals surface area contributed by atoms with Gasteiger partial charge in [0, 0.05) is 0 Å². The van der Waals surface area contributed by atoms with Crippen molar-refractivity contribution >= 4 is 12.2 Å². The fourth-order valence-corrected chi connectivity index (χ4v) is 1.59. The number of nitrogens with two attached hydrogens (primary N) is 1. The highest BCUT2D eigenvalue weighted by Crippen LogP contribution is 2.14.